The lowest BCUT2D eigenvalue weighted by Gasteiger charge is -2.15. The highest BCUT2D eigenvalue weighted by Gasteiger charge is 2.21. The predicted molar refractivity (Wildman–Crippen MR) is 77.2 cm³/mol. The van der Waals surface area contributed by atoms with Gasteiger partial charge in [0.1, 0.15) is 4.90 Å². The molecule has 0 bridgehead atoms. The van der Waals surface area contributed by atoms with Gasteiger partial charge in [-0.3, -0.25) is 0 Å². The number of anilines is 1. The maximum absolute atomic E-state index is 12.2. The average molecular weight is 298 g/mol. The number of hydrogen-bond donors (Lipinski definition) is 2. The van der Waals surface area contributed by atoms with Gasteiger partial charge in [-0.15, -0.1) is 4.91 Å². The third kappa shape index (κ3) is 3.33. The minimum absolute atomic E-state index is 0.0578. The highest BCUT2D eigenvalue weighted by molar-refractivity contribution is 7.89. The maximum atomic E-state index is 12.2. The molecule has 0 aliphatic carbocycles. The average Bonchev–Trinajstić information content (AvgIpc) is 2.91. The Hall–Kier alpha value is -1.51. The lowest BCUT2D eigenvalue weighted by molar-refractivity contribution is 0.344. The van der Waals surface area contributed by atoms with Crippen LogP contribution >= 0.6 is 0 Å². The van der Waals surface area contributed by atoms with Crippen molar-refractivity contribution in [2.24, 2.45) is 5.18 Å². The molecule has 0 amide bonds. The topological polar surface area (TPSA) is 105 Å². The highest BCUT2D eigenvalue weighted by atomic mass is 32.2. The second-order valence-corrected chi connectivity index (χ2v) is 6.47. The Morgan fingerprint density at radius 2 is 2.00 bits per heavy atom. The first-order valence-corrected chi connectivity index (χ1v) is 7.97. The van der Waals surface area contributed by atoms with Gasteiger partial charge in [0, 0.05) is 13.1 Å². The van der Waals surface area contributed by atoms with Gasteiger partial charge in [0.15, 0.2) is 5.69 Å². The van der Waals surface area contributed by atoms with E-state index in [-0.39, 0.29) is 16.3 Å². The summed E-state index contributed by atoms with van der Waals surface area (Å²) in [5.74, 6) is 0. The number of benzene rings is 1. The molecule has 1 heterocycles. The van der Waals surface area contributed by atoms with Crippen LogP contribution in [-0.4, -0.2) is 39.5 Å². The molecule has 1 aromatic carbocycles. The molecule has 3 N–H and O–H groups in total. The van der Waals surface area contributed by atoms with E-state index in [4.69, 9.17) is 5.73 Å². The summed E-state index contributed by atoms with van der Waals surface area (Å²) < 4.78 is 26.8. The summed E-state index contributed by atoms with van der Waals surface area (Å²) in [6.07, 6.45) is 2.31. The molecule has 20 heavy (non-hydrogen) atoms. The van der Waals surface area contributed by atoms with E-state index in [1.54, 1.807) is 0 Å². The molecular formula is C12H18N4O3S. The quantitative estimate of drug-likeness (QED) is 0.603. The molecule has 1 fully saturated rings. The summed E-state index contributed by atoms with van der Waals surface area (Å²) in [7, 11) is -3.77. The fraction of sp³-hybridized carbons (Fsp3) is 0.500. The van der Waals surface area contributed by atoms with Gasteiger partial charge in [-0.1, -0.05) is 6.07 Å². The van der Waals surface area contributed by atoms with Crippen molar-refractivity contribution in [3.05, 3.63) is 23.1 Å². The zero-order valence-corrected chi connectivity index (χ0v) is 11.9. The largest absolute Gasteiger partial charge is 0.397 e. The van der Waals surface area contributed by atoms with Crippen LogP contribution in [0.3, 0.4) is 0 Å². The minimum Gasteiger partial charge on any atom is -0.397 e. The van der Waals surface area contributed by atoms with E-state index in [1.165, 1.54) is 18.2 Å². The summed E-state index contributed by atoms with van der Waals surface area (Å²) in [5, 5.41) is 2.72. The SMILES string of the molecule is Nc1cccc(S(=O)(=O)NCCN2CCCC2)c1N=O. The molecule has 0 aromatic heterocycles. The molecule has 1 aromatic rings. The summed E-state index contributed by atoms with van der Waals surface area (Å²) in [5.41, 5.74) is 5.39. The normalized spacial score (nSPS) is 16.4. The van der Waals surface area contributed by atoms with Crippen molar-refractivity contribution in [2.75, 3.05) is 31.9 Å². The molecule has 0 saturated carbocycles. The monoisotopic (exact) mass is 298 g/mol. The fourth-order valence-corrected chi connectivity index (χ4v) is 3.46. The Morgan fingerprint density at radius 1 is 1.30 bits per heavy atom. The Bertz CT molecular complexity index is 582. The van der Waals surface area contributed by atoms with Crippen LogP contribution in [0.25, 0.3) is 0 Å². The van der Waals surface area contributed by atoms with Crippen LogP contribution in [0.5, 0.6) is 0 Å². The number of likely N-dealkylation sites (tertiary alicyclic amines) is 1. The van der Waals surface area contributed by atoms with E-state index in [2.05, 4.69) is 14.8 Å². The molecule has 7 nitrogen and oxygen atoms in total. The zero-order valence-electron chi connectivity index (χ0n) is 11.1. The van der Waals surface area contributed by atoms with E-state index in [0.29, 0.717) is 13.1 Å². The third-order valence-electron chi connectivity index (χ3n) is 3.33. The maximum Gasteiger partial charge on any atom is 0.242 e. The van der Waals surface area contributed by atoms with E-state index in [1.807, 2.05) is 0 Å². The van der Waals surface area contributed by atoms with E-state index in [0.717, 1.165) is 25.9 Å². The number of hydrogen-bond acceptors (Lipinski definition) is 6. The summed E-state index contributed by atoms with van der Waals surface area (Å²) in [6, 6.07) is 4.25. The molecule has 0 radical (unpaired) electrons. The zero-order chi connectivity index (χ0) is 14.6. The molecule has 1 aliphatic heterocycles. The lowest BCUT2D eigenvalue weighted by Crippen LogP contribution is -2.33. The third-order valence-corrected chi connectivity index (χ3v) is 4.82. The van der Waals surface area contributed by atoms with Gasteiger partial charge >= 0.3 is 0 Å². The fourth-order valence-electron chi connectivity index (χ4n) is 2.28. The van der Waals surface area contributed by atoms with Crippen molar-refractivity contribution < 1.29 is 8.42 Å². The number of nitrogens with two attached hydrogens (primary N) is 1. The highest BCUT2D eigenvalue weighted by Crippen LogP contribution is 2.29. The molecule has 0 spiro atoms. The second kappa shape index (κ2) is 6.29. The lowest BCUT2D eigenvalue weighted by atomic mass is 10.3. The van der Waals surface area contributed by atoms with Gasteiger partial charge in [0.05, 0.1) is 5.69 Å². The molecule has 0 atom stereocenters. The Balaban J connectivity index is 2.06. The molecule has 2 rings (SSSR count). The molecule has 1 aliphatic rings. The van der Waals surface area contributed by atoms with Crippen LogP contribution in [-0.2, 0) is 10.0 Å². The summed E-state index contributed by atoms with van der Waals surface area (Å²) in [4.78, 5) is 12.8. The first-order chi connectivity index (χ1) is 9.54. The minimum atomic E-state index is -3.77. The van der Waals surface area contributed by atoms with E-state index in [9.17, 15) is 13.3 Å². The second-order valence-electron chi connectivity index (χ2n) is 4.73. The van der Waals surface area contributed by atoms with Crippen LogP contribution in [0, 0.1) is 4.91 Å². The predicted octanol–water partition coefficient (Wildman–Crippen LogP) is 1.04. The molecular weight excluding hydrogens is 280 g/mol. The van der Waals surface area contributed by atoms with Crippen LogP contribution in [0.4, 0.5) is 11.4 Å². The summed E-state index contributed by atoms with van der Waals surface area (Å²) in [6.45, 7) is 2.96. The number of rotatable bonds is 6. The number of nitrogens with zero attached hydrogens (tertiary/aromatic N) is 2. The first kappa shape index (κ1) is 14.9. The van der Waals surface area contributed by atoms with Gasteiger partial charge in [0.2, 0.25) is 10.0 Å². The Kier molecular flexibility index (Phi) is 4.69. The van der Waals surface area contributed by atoms with Crippen molar-refractivity contribution in [1.82, 2.24) is 9.62 Å². The van der Waals surface area contributed by atoms with Crippen molar-refractivity contribution >= 4 is 21.4 Å². The number of nitrogen functional groups attached to an aromatic ring is 1. The van der Waals surface area contributed by atoms with Crippen molar-refractivity contribution in [3.63, 3.8) is 0 Å². The van der Waals surface area contributed by atoms with Crippen LogP contribution < -0.4 is 10.5 Å². The number of nitroso groups, excluding NO2 is 1. The molecule has 8 heteroatoms. The van der Waals surface area contributed by atoms with E-state index >= 15 is 0 Å². The van der Waals surface area contributed by atoms with Crippen LogP contribution in [0.1, 0.15) is 12.8 Å². The number of nitrogens with one attached hydrogen (secondary N) is 1. The van der Waals surface area contributed by atoms with Crippen molar-refractivity contribution in [1.29, 1.82) is 0 Å². The van der Waals surface area contributed by atoms with Gasteiger partial charge in [-0.05, 0) is 43.2 Å². The van der Waals surface area contributed by atoms with Crippen LogP contribution in [0.15, 0.2) is 28.3 Å². The Labute approximate surface area is 118 Å². The van der Waals surface area contributed by atoms with Gasteiger partial charge < -0.3 is 10.6 Å². The van der Waals surface area contributed by atoms with E-state index < -0.39 is 10.0 Å². The van der Waals surface area contributed by atoms with Crippen molar-refractivity contribution in [2.45, 2.75) is 17.7 Å². The van der Waals surface area contributed by atoms with Crippen LogP contribution in [0.2, 0.25) is 0 Å². The van der Waals surface area contributed by atoms with Gasteiger partial charge in [0.25, 0.3) is 0 Å². The smallest absolute Gasteiger partial charge is 0.242 e. The standard InChI is InChI=1S/C12H18N4O3S/c13-10-4-3-5-11(12(10)15-17)20(18,19)14-6-9-16-7-1-2-8-16/h3-5,14H,1-2,6-9,13H2. The van der Waals surface area contributed by atoms with Gasteiger partial charge in [-0.25, -0.2) is 13.1 Å². The summed E-state index contributed by atoms with van der Waals surface area (Å²) >= 11 is 0. The Morgan fingerprint density at radius 3 is 2.65 bits per heavy atom. The van der Waals surface area contributed by atoms with Gasteiger partial charge in [-0.2, -0.15) is 0 Å². The molecule has 0 unspecified atom stereocenters. The molecule has 1 saturated heterocycles. The number of sulfonamides is 1. The first-order valence-electron chi connectivity index (χ1n) is 6.48. The molecule has 110 valence electrons. The van der Waals surface area contributed by atoms with Crippen molar-refractivity contribution in [3.8, 4) is 0 Å².